The van der Waals surface area contributed by atoms with E-state index in [2.05, 4.69) is 199 Å². The van der Waals surface area contributed by atoms with Crippen LogP contribution in [0.1, 0.15) is 65.9 Å². The van der Waals surface area contributed by atoms with Gasteiger partial charge in [-0.1, -0.05) is 117 Å². The smallest absolute Gasteiger partial charge is 0.123 e. The number of allylic oxidation sites excluding steroid dienone is 15. The molecule has 5 aromatic carbocycles. The van der Waals surface area contributed by atoms with Gasteiger partial charge in [0.1, 0.15) is 11.6 Å². The maximum atomic E-state index is 14.5. The summed E-state index contributed by atoms with van der Waals surface area (Å²) in [7, 11) is 0. The first kappa shape index (κ1) is 45.2. The minimum atomic E-state index is -0.295. The molecule has 6 heteroatoms. The lowest BCUT2D eigenvalue weighted by Crippen LogP contribution is -2.51. The third kappa shape index (κ3) is 8.42. The molecule has 1 aliphatic heterocycles. The Labute approximate surface area is 406 Å². The van der Waals surface area contributed by atoms with Crippen molar-refractivity contribution in [2.45, 2.75) is 77.8 Å². The molecule has 6 aromatic rings. The number of nitrogens with zero attached hydrogens (tertiary/aromatic N) is 4. The summed E-state index contributed by atoms with van der Waals surface area (Å²) in [6.07, 6.45) is 32.2. The molecule has 4 unspecified atom stereocenters. The van der Waals surface area contributed by atoms with E-state index >= 15 is 0 Å². The standard InChI is InChI=1S/C63H58F2N4/c1-7-49(67(52-35-30-48(65)31-36-52)54-38-40-62-63(6,42-54)57-21-13-16-24-61(57)69(62)58-22-14-11-17-45(58)4)32-26-44(3)43(2)25-27-46(5)66(51-33-28-47(64)29-34-51)53-37-39-60-56(41-53)55-20-12-15-23-59(55)68(60)50-18-9-8-10-19-50/h1,8-28,30-33,35-39,41,45,58,62H,29,34,40,42H2,2-6H3/b43-25+,44-26+,46-27+,49-32+. The Hall–Kier alpha value is -7.62. The number of terminal acetylenes is 1. The molecule has 0 bridgehead atoms. The number of fused-ring (bicyclic) bond motifs is 6. The predicted molar refractivity (Wildman–Crippen MR) is 285 cm³/mol. The van der Waals surface area contributed by atoms with Gasteiger partial charge in [0, 0.05) is 68.5 Å². The van der Waals surface area contributed by atoms with Gasteiger partial charge in [-0.3, -0.25) is 0 Å². The molecule has 2 heterocycles. The highest BCUT2D eigenvalue weighted by Crippen LogP contribution is 2.54. The highest BCUT2D eigenvalue weighted by Gasteiger charge is 2.51. The second-order valence-corrected chi connectivity index (χ2v) is 19.1. The van der Waals surface area contributed by atoms with Crippen LogP contribution >= 0.6 is 0 Å². The zero-order valence-corrected chi connectivity index (χ0v) is 40.1. The highest BCUT2D eigenvalue weighted by molar-refractivity contribution is 6.10. The van der Waals surface area contributed by atoms with Crippen molar-refractivity contribution >= 4 is 38.9 Å². The molecule has 0 radical (unpaired) electrons. The van der Waals surface area contributed by atoms with Gasteiger partial charge in [0.15, 0.2) is 0 Å². The number of aromatic nitrogens is 1. The van der Waals surface area contributed by atoms with Crippen LogP contribution in [0.3, 0.4) is 0 Å². The Balaban J connectivity index is 0.979. The van der Waals surface area contributed by atoms with Crippen LogP contribution in [0.15, 0.2) is 228 Å². The fourth-order valence-electron chi connectivity index (χ4n) is 11.1. The van der Waals surface area contributed by atoms with Crippen molar-refractivity contribution in [1.29, 1.82) is 0 Å². The maximum absolute atomic E-state index is 14.5. The lowest BCUT2D eigenvalue weighted by molar-refractivity contribution is 0.341. The molecule has 1 aromatic heterocycles. The lowest BCUT2D eigenvalue weighted by atomic mass is 9.70. The van der Waals surface area contributed by atoms with Crippen molar-refractivity contribution in [2.24, 2.45) is 5.92 Å². The molecular formula is C63H58F2N4. The van der Waals surface area contributed by atoms with Gasteiger partial charge in [-0.05, 0) is 154 Å². The van der Waals surface area contributed by atoms with Crippen molar-refractivity contribution in [3.63, 3.8) is 0 Å². The van der Waals surface area contributed by atoms with Crippen LogP contribution in [0.4, 0.5) is 25.8 Å². The summed E-state index contributed by atoms with van der Waals surface area (Å²) in [5, 5.41) is 2.32. The summed E-state index contributed by atoms with van der Waals surface area (Å²) in [5.74, 6) is 3.00. The number of para-hydroxylation sites is 3. The van der Waals surface area contributed by atoms with E-state index in [1.165, 1.54) is 28.8 Å². The largest absolute Gasteiger partial charge is 0.360 e. The van der Waals surface area contributed by atoms with E-state index in [0.29, 0.717) is 24.5 Å². The molecule has 4 aliphatic rings. The second kappa shape index (κ2) is 18.8. The second-order valence-electron chi connectivity index (χ2n) is 19.1. The lowest BCUT2D eigenvalue weighted by Gasteiger charge is -2.45. The number of hydrogen-bond acceptors (Lipinski definition) is 3. The van der Waals surface area contributed by atoms with E-state index in [1.54, 1.807) is 6.08 Å². The van der Waals surface area contributed by atoms with E-state index in [1.807, 2.05) is 30.4 Å². The Morgan fingerprint density at radius 3 is 2.16 bits per heavy atom. The third-order valence-corrected chi connectivity index (χ3v) is 14.8. The van der Waals surface area contributed by atoms with Crippen molar-refractivity contribution in [1.82, 2.24) is 4.57 Å². The summed E-state index contributed by atoms with van der Waals surface area (Å²) in [6.45, 7) is 11.0. The van der Waals surface area contributed by atoms with E-state index in [-0.39, 0.29) is 29.1 Å². The molecular weight excluding hydrogens is 851 g/mol. The SMILES string of the molecule is C#C\C(=C/C=C(C)/C(C)=C/C=C(\C)N(C1=CC=C(F)CC1)c1ccc2c(c1)c1ccccc1n2-c1ccccc1)N(C1=CCC2N(C3C=CC=CC3C)c3ccccc3C2(C)C1)c1ccc(F)cc1. The maximum Gasteiger partial charge on any atom is 0.123 e. The number of rotatable bonds is 11. The fourth-order valence-corrected chi connectivity index (χ4v) is 11.1. The minimum absolute atomic E-state index is 0.107. The summed E-state index contributed by atoms with van der Waals surface area (Å²) >= 11 is 0. The zero-order valence-electron chi connectivity index (χ0n) is 40.1. The Morgan fingerprint density at radius 1 is 0.710 bits per heavy atom. The summed E-state index contributed by atoms with van der Waals surface area (Å²) in [4.78, 5) is 7.05. The summed E-state index contributed by atoms with van der Waals surface area (Å²) in [5.41, 5.74) is 13.6. The Kier molecular flexibility index (Phi) is 12.3. The first-order chi connectivity index (χ1) is 33.5. The number of benzene rings is 5. The van der Waals surface area contributed by atoms with Gasteiger partial charge in [0.05, 0.1) is 22.8 Å². The summed E-state index contributed by atoms with van der Waals surface area (Å²) in [6, 6.07) is 41.7. The van der Waals surface area contributed by atoms with E-state index in [4.69, 9.17) is 6.42 Å². The first-order valence-corrected chi connectivity index (χ1v) is 24.2. The van der Waals surface area contributed by atoms with Crippen molar-refractivity contribution in [3.8, 4) is 18.0 Å². The molecule has 0 amide bonds. The number of hydrogen-bond donors (Lipinski definition) is 0. The van der Waals surface area contributed by atoms with E-state index in [0.717, 1.165) is 74.6 Å². The first-order valence-electron chi connectivity index (χ1n) is 24.2. The topological polar surface area (TPSA) is 14.7 Å². The van der Waals surface area contributed by atoms with Crippen molar-refractivity contribution in [2.75, 3.05) is 14.7 Å². The molecule has 0 N–H and O–H groups in total. The average Bonchev–Trinajstić information content (AvgIpc) is 3.84. The van der Waals surface area contributed by atoms with Crippen LogP contribution in [0.5, 0.6) is 0 Å². The van der Waals surface area contributed by atoms with Crippen LogP contribution in [0.2, 0.25) is 0 Å². The van der Waals surface area contributed by atoms with E-state index in [9.17, 15) is 8.78 Å². The Morgan fingerprint density at radius 2 is 1.41 bits per heavy atom. The van der Waals surface area contributed by atoms with Gasteiger partial charge < -0.3 is 19.3 Å². The van der Waals surface area contributed by atoms with Crippen molar-refractivity contribution in [3.05, 3.63) is 239 Å². The minimum Gasteiger partial charge on any atom is -0.360 e. The quantitative estimate of drug-likeness (QED) is 0.0951. The molecule has 0 spiro atoms. The van der Waals surface area contributed by atoms with Gasteiger partial charge in [0.2, 0.25) is 0 Å². The van der Waals surface area contributed by atoms with Gasteiger partial charge in [-0.25, -0.2) is 8.78 Å². The van der Waals surface area contributed by atoms with Gasteiger partial charge in [-0.15, -0.1) is 6.42 Å². The molecule has 0 fully saturated rings. The van der Waals surface area contributed by atoms with Crippen LogP contribution in [0.25, 0.3) is 27.5 Å². The number of halogens is 2. The molecule has 69 heavy (non-hydrogen) atoms. The molecule has 0 saturated carbocycles. The fraction of sp³-hybridized carbons (Fsp3) is 0.206. The molecule has 344 valence electrons. The zero-order chi connectivity index (χ0) is 47.8. The van der Waals surface area contributed by atoms with Crippen LogP contribution in [-0.2, 0) is 5.41 Å². The van der Waals surface area contributed by atoms with Crippen LogP contribution < -0.4 is 14.7 Å². The average molecular weight is 909 g/mol. The molecule has 10 rings (SSSR count). The van der Waals surface area contributed by atoms with Gasteiger partial charge in [-0.2, -0.15) is 0 Å². The molecule has 4 atom stereocenters. The van der Waals surface area contributed by atoms with E-state index < -0.39 is 0 Å². The molecule has 4 nitrogen and oxygen atoms in total. The predicted octanol–water partition coefficient (Wildman–Crippen LogP) is 16.0. The van der Waals surface area contributed by atoms with Crippen LogP contribution in [0, 0.1) is 24.1 Å². The normalized spacial score (nSPS) is 21.7. The molecule has 0 saturated heterocycles. The number of anilines is 3. The van der Waals surface area contributed by atoms with Crippen molar-refractivity contribution < 1.29 is 8.78 Å². The van der Waals surface area contributed by atoms with Crippen LogP contribution in [-0.4, -0.2) is 16.7 Å². The highest BCUT2D eigenvalue weighted by atomic mass is 19.1. The summed E-state index contributed by atoms with van der Waals surface area (Å²) < 4.78 is 31.3. The van der Waals surface area contributed by atoms with Gasteiger partial charge in [0.25, 0.3) is 0 Å². The Bertz CT molecular complexity index is 3290. The van der Waals surface area contributed by atoms with Gasteiger partial charge >= 0.3 is 0 Å². The third-order valence-electron chi connectivity index (χ3n) is 14.8. The molecule has 3 aliphatic carbocycles. The monoisotopic (exact) mass is 908 g/mol.